The van der Waals surface area contributed by atoms with Crippen molar-refractivity contribution in [3.05, 3.63) is 12.2 Å². The van der Waals surface area contributed by atoms with Gasteiger partial charge in [0, 0.05) is 19.3 Å². The summed E-state index contributed by atoms with van der Waals surface area (Å²) in [5.41, 5.74) is 0. The number of esters is 3. The topological polar surface area (TPSA) is 78.9 Å². The maximum absolute atomic E-state index is 12.8. The predicted octanol–water partition coefficient (Wildman–Crippen LogP) is 17.0. The summed E-state index contributed by atoms with van der Waals surface area (Å²) in [5, 5.41) is 0. The Hall–Kier alpha value is -1.85. The molecule has 0 fully saturated rings. The zero-order valence-electron chi connectivity index (χ0n) is 39.8. The molecule has 0 saturated heterocycles. The third-order valence-corrected chi connectivity index (χ3v) is 11.8. The van der Waals surface area contributed by atoms with Gasteiger partial charge in [-0.2, -0.15) is 0 Å². The molecule has 0 aromatic carbocycles. The van der Waals surface area contributed by atoms with Gasteiger partial charge in [-0.3, -0.25) is 14.4 Å². The Morgan fingerprint density at radius 1 is 0.322 bits per heavy atom. The van der Waals surface area contributed by atoms with Crippen LogP contribution in [0.4, 0.5) is 0 Å². The van der Waals surface area contributed by atoms with Crippen molar-refractivity contribution in [3.8, 4) is 0 Å². The molecule has 0 bridgehead atoms. The highest BCUT2D eigenvalue weighted by atomic mass is 16.6. The van der Waals surface area contributed by atoms with Crippen molar-refractivity contribution in [2.45, 2.75) is 297 Å². The van der Waals surface area contributed by atoms with E-state index in [2.05, 4.69) is 32.9 Å². The second-order valence-electron chi connectivity index (χ2n) is 17.8. The van der Waals surface area contributed by atoms with Crippen LogP contribution in [0.1, 0.15) is 290 Å². The van der Waals surface area contributed by atoms with Gasteiger partial charge in [-0.15, -0.1) is 0 Å². The molecule has 0 aliphatic carbocycles. The van der Waals surface area contributed by atoms with Gasteiger partial charge in [0.05, 0.1) is 0 Å². The SMILES string of the molecule is CCCC/C=C\CCCCCCCC(=O)OCC(COC(=O)CCCCCCCCCCCCCCCCC)OC(=O)CCCCCCCCCCCCCCCCC. The quantitative estimate of drug-likeness (QED) is 0.0263. The molecule has 0 spiro atoms. The Labute approximate surface area is 367 Å². The van der Waals surface area contributed by atoms with Crippen molar-refractivity contribution in [1.29, 1.82) is 0 Å². The third-order valence-electron chi connectivity index (χ3n) is 11.8. The fraction of sp³-hybridized carbons (Fsp3) is 0.906. The Bertz CT molecular complexity index is 916. The van der Waals surface area contributed by atoms with Gasteiger partial charge in [0.1, 0.15) is 13.2 Å². The lowest BCUT2D eigenvalue weighted by molar-refractivity contribution is -0.167. The lowest BCUT2D eigenvalue weighted by Gasteiger charge is -2.18. The maximum atomic E-state index is 12.8. The van der Waals surface area contributed by atoms with Crippen LogP contribution in [0.5, 0.6) is 0 Å². The molecule has 59 heavy (non-hydrogen) atoms. The van der Waals surface area contributed by atoms with E-state index < -0.39 is 6.10 Å². The molecule has 0 aliphatic heterocycles. The molecule has 0 heterocycles. The van der Waals surface area contributed by atoms with Gasteiger partial charge in [-0.1, -0.05) is 245 Å². The van der Waals surface area contributed by atoms with E-state index in [9.17, 15) is 14.4 Å². The summed E-state index contributed by atoms with van der Waals surface area (Å²) in [5.74, 6) is -0.859. The van der Waals surface area contributed by atoms with Crippen LogP contribution in [0.2, 0.25) is 0 Å². The van der Waals surface area contributed by atoms with Crippen molar-refractivity contribution in [3.63, 3.8) is 0 Å². The van der Waals surface area contributed by atoms with E-state index in [0.717, 1.165) is 64.2 Å². The molecule has 0 N–H and O–H groups in total. The molecule has 0 aromatic heterocycles. The van der Waals surface area contributed by atoms with Gasteiger partial charge >= 0.3 is 17.9 Å². The Morgan fingerprint density at radius 3 is 0.898 bits per heavy atom. The normalized spacial score (nSPS) is 12.0. The summed E-state index contributed by atoms with van der Waals surface area (Å²) >= 11 is 0. The largest absolute Gasteiger partial charge is 0.462 e. The molecule has 0 radical (unpaired) electrons. The van der Waals surface area contributed by atoms with Crippen molar-refractivity contribution < 1.29 is 28.6 Å². The fourth-order valence-electron chi connectivity index (χ4n) is 7.78. The van der Waals surface area contributed by atoms with E-state index in [-0.39, 0.29) is 31.1 Å². The Morgan fingerprint density at radius 2 is 0.576 bits per heavy atom. The summed E-state index contributed by atoms with van der Waals surface area (Å²) in [6, 6.07) is 0. The van der Waals surface area contributed by atoms with Gasteiger partial charge in [0.2, 0.25) is 0 Å². The van der Waals surface area contributed by atoms with E-state index in [0.29, 0.717) is 19.3 Å². The first-order valence-corrected chi connectivity index (χ1v) is 26.2. The van der Waals surface area contributed by atoms with Gasteiger partial charge in [0.15, 0.2) is 6.10 Å². The highest BCUT2D eigenvalue weighted by Crippen LogP contribution is 2.16. The molecule has 0 saturated carbocycles. The molecule has 6 heteroatoms. The number of ether oxygens (including phenoxy) is 3. The molecule has 0 aliphatic rings. The van der Waals surface area contributed by atoms with E-state index >= 15 is 0 Å². The number of carbonyl (C=O) groups is 3. The van der Waals surface area contributed by atoms with Crippen LogP contribution in [-0.4, -0.2) is 37.2 Å². The molecular formula is C53H100O6. The molecule has 0 rings (SSSR count). The minimum absolute atomic E-state index is 0.0671. The average Bonchev–Trinajstić information content (AvgIpc) is 3.23. The first kappa shape index (κ1) is 57.1. The summed E-state index contributed by atoms with van der Waals surface area (Å²) in [6.07, 6.45) is 53.3. The monoisotopic (exact) mass is 833 g/mol. The number of hydrogen-bond acceptors (Lipinski definition) is 6. The summed E-state index contributed by atoms with van der Waals surface area (Å²) < 4.78 is 16.8. The van der Waals surface area contributed by atoms with Crippen molar-refractivity contribution in [2.75, 3.05) is 13.2 Å². The van der Waals surface area contributed by atoms with Crippen LogP contribution in [0.15, 0.2) is 12.2 Å². The fourth-order valence-corrected chi connectivity index (χ4v) is 7.78. The number of carbonyl (C=O) groups excluding carboxylic acids is 3. The van der Waals surface area contributed by atoms with Crippen LogP contribution in [0.25, 0.3) is 0 Å². The van der Waals surface area contributed by atoms with Crippen LogP contribution >= 0.6 is 0 Å². The van der Waals surface area contributed by atoms with Gasteiger partial charge in [-0.05, 0) is 38.5 Å². The summed E-state index contributed by atoms with van der Waals surface area (Å²) in [7, 11) is 0. The lowest BCUT2D eigenvalue weighted by atomic mass is 10.0. The minimum Gasteiger partial charge on any atom is -0.462 e. The Balaban J connectivity index is 4.31. The summed E-state index contributed by atoms with van der Waals surface area (Å²) in [4.78, 5) is 37.9. The maximum Gasteiger partial charge on any atom is 0.306 e. The number of allylic oxidation sites excluding steroid dienone is 2. The Kier molecular flexibility index (Phi) is 47.3. The summed E-state index contributed by atoms with van der Waals surface area (Å²) in [6.45, 7) is 6.63. The minimum atomic E-state index is -0.766. The second kappa shape index (κ2) is 48.8. The van der Waals surface area contributed by atoms with Crippen molar-refractivity contribution in [1.82, 2.24) is 0 Å². The van der Waals surface area contributed by atoms with Crippen molar-refractivity contribution >= 4 is 17.9 Å². The van der Waals surface area contributed by atoms with E-state index in [1.165, 1.54) is 186 Å². The zero-order valence-corrected chi connectivity index (χ0v) is 39.8. The number of rotatable bonds is 48. The molecule has 1 atom stereocenters. The van der Waals surface area contributed by atoms with Crippen LogP contribution in [-0.2, 0) is 28.6 Å². The van der Waals surface area contributed by atoms with Crippen LogP contribution in [0, 0.1) is 0 Å². The molecule has 0 aromatic rings. The number of hydrogen-bond donors (Lipinski definition) is 0. The molecule has 1 unspecified atom stereocenters. The zero-order chi connectivity index (χ0) is 43.0. The molecule has 6 nitrogen and oxygen atoms in total. The number of unbranched alkanes of at least 4 members (excludes halogenated alkanes) is 35. The van der Waals surface area contributed by atoms with Gasteiger partial charge < -0.3 is 14.2 Å². The van der Waals surface area contributed by atoms with Gasteiger partial charge in [-0.25, -0.2) is 0 Å². The van der Waals surface area contributed by atoms with Crippen LogP contribution in [0.3, 0.4) is 0 Å². The van der Waals surface area contributed by atoms with E-state index in [1.54, 1.807) is 0 Å². The lowest BCUT2D eigenvalue weighted by Crippen LogP contribution is -2.30. The third kappa shape index (κ3) is 47.1. The molecule has 0 amide bonds. The standard InChI is InChI=1S/C53H100O6/c1-4-7-10-13-16-19-22-24-26-28-31-34-37-40-43-46-52(55)58-49-50(48-57-51(54)45-42-39-36-33-30-21-18-15-12-9-6-3)59-53(56)47-44-41-38-35-32-29-27-25-23-20-17-14-11-8-5-2/h15,18,50H,4-14,16-17,19-49H2,1-3H3/b18-15-. The average molecular weight is 833 g/mol. The van der Waals surface area contributed by atoms with E-state index in [4.69, 9.17) is 14.2 Å². The molecular weight excluding hydrogens is 733 g/mol. The first-order chi connectivity index (χ1) is 29.0. The molecule has 348 valence electrons. The van der Waals surface area contributed by atoms with Gasteiger partial charge in [0.25, 0.3) is 0 Å². The van der Waals surface area contributed by atoms with Crippen LogP contribution < -0.4 is 0 Å². The second-order valence-corrected chi connectivity index (χ2v) is 17.8. The van der Waals surface area contributed by atoms with Crippen molar-refractivity contribution in [2.24, 2.45) is 0 Å². The highest BCUT2D eigenvalue weighted by molar-refractivity contribution is 5.71. The smallest absolute Gasteiger partial charge is 0.306 e. The highest BCUT2D eigenvalue weighted by Gasteiger charge is 2.19. The van der Waals surface area contributed by atoms with E-state index in [1.807, 2.05) is 0 Å². The first-order valence-electron chi connectivity index (χ1n) is 26.2. The predicted molar refractivity (Wildman–Crippen MR) is 252 cm³/mol.